The van der Waals surface area contributed by atoms with Gasteiger partial charge in [0.15, 0.2) is 5.78 Å². The zero-order valence-corrected chi connectivity index (χ0v) is 56.5. The summed E-state index contributed by atoms with van der Waals surface area (Å²) in [6, 6.07) is 44.7. The number of nitrogens with zero attached hydrogens (tertiary/aromatic N) is 5. The number of halogens is 3. The quantitative estimate of drug-likeness (QED) is 0.0438. The number of sulfonamides is 3. The Bertz CT molecular complexity index is 4220. The fraction of sp³-hybridized carbons (Fsp3) is 0.206. The molecule has 0 aliphatic rings. The standard InChI is InChI=1S/2C23H24ClN3O3S.C22H21ClN2O3S/c2*1-23(2,3)17-5-8-19(9-6-17)31(28,29)27-21-10-7-18(24)15-20(21)22(26-30-4)16-11-13-25-14-12-16;1-22(2,3)16-4-7-18(8-5-16)29(27,28)25-20-9-6-17(23)14-19(20)21(26)15-10-12-24-13-11-15/h2*5-15,27H,1-4H3;4-14,25H,1-3H3/b26-22+;26-22-;. The molecule has 0 spiro atoms. The lowest BCUT2D eigenvalue weighted by Crippen LogP contribution is -2.17. The largest absolute Gasteiger partial charge is 0.399 e. The molecule has 0 saturated carbocycles. The number of pyridine rings is 3. The van der Waals surface area contributed by atoms with Crippen molar-refractivity contribution in [1.29, 1.82) is 0 Å². The summed E-state index contributed by atoms with van der Waals surface area (Å²) in [6.07, 6.45) is 9.46. The van der Waals surface area contributed by atoms with Crippen LogP contribution >= 0.6 is 34.8 Å². The third-order valence-electron chi connectivity index (χ3n) is 13.7. The van der Waals surface area contributed by atoms with Crippen molar-refractivity contribution in [1.82, 2.24) is 15.0 Å². The van der Waals surface area contributed by atoms with Crippen LogP contribution in [-0.2, 0) is 56.0 Å². The van der Waals surface area contributed by atoms with Gasteiger partial charge in [-0.25, -0.2) is 25.3 Å². The average Bonchev–Trinajstić information content (AvgIpc) is 2.53. The number of aromatic nitrogens is 3. The van der Waals surface area contributed by atoms with Gasteiger partial charge in [-0.05, 0) is 160 Å². The van der Waals surface area contributed by atoms with Crippen LogP contribution in [0.5, 0.6) is 0 Å². The van der Waals surface area contributed by atoms with Gasteiger partial charge in [0, 0.05) is 85.6 Å². The van der Waals surface area contributed by atoms with Crippen molar-refractivity contribution >= 4 is 99.1 Å². The first-order valence-electron chi connectivity index (χ1n) is 28.1. The van der Waals surface area contributed by atoms with Crippen LogP contribution in [0.4, 0.5) is 17.1 Å². The van der Waals surface area contributed by atoms with Gasteiger partial charge in [-0.15, -0.1) is 0 Å². The normalized spacial score (nSPS) is 12.3. The van der Waals surface area contributed by atoms with E-state index in [0.29, 0.717) is 65.7 Å². The second kappa shape index (κ2) is 29.6. The molecule has 0 fully saturated rings. The van der Waals surface area contributed by atoms with E-state index in [1.165, 1.54) is 44.8 Å². The Morgan fingerprint density at radius 3 is 0.890 bits per heavy atom. The Balaban J connectivity index is 0.000000194. The van der Waals surface area contributed by atoms with E-state index < -0.39 is 30.1 Å². The molecule has 91 heavy (non-hydrogen) atoms. The zero-order valence-electron chi connectivity index (χ0n) is 51.8. The molecular formula is C68H69Cl3N8O9S3. The van der Waals surface area contributed by atoms with Crippen molar-refractivity contribution in [2.45, 2.75) is 93.2 Å². The molecule has 23 heteroatoms. The summed E-state index contributed by atoms with van der Waals surface area (Å²) < 4.78 is 86.0. The second-order valence-corrected chi connectivity index (χ2v) is 29.8. The van der Waals surface area contributed by atoms with E-state index in [1.54, 1.807) is 146 Å². The highest BCUT2D eigenvalue weighted by atomic mass is 35.5. The van der Waals surface area contributed by atoms with Crippen LogP contribution in [0.25, 0.3) is 0 Å². The van der Waals surface area contributed by atoms with Gasteiger partial charge in [0.25, 0.3) is 30.1 Å². The van der Waals surface area contributed by atoms with Crippen LogP contribution in [0.1, 0.15) is 117 Å². The number of carbonyl (C=O) groups excluding carboxylic acids is 1. The monoisotopic (exact) mass is 1340 g/mol. The summed E-state index contributed by atoms with van der Waals surface area (Å²) in [5.41, 5.74) is 7.48. The second-order valence-electron chi connectivity index (χ2n) is 23.5. The van der Waals surface area contributed by atoms with Gasteiger partial charge in [-0.2, -0.15) is 0 Å². The molecule has 0 amide bonds. The number of benzene rings is 6. The lowest BCUT2D eigenvalue weighted by atomic mass is 9.87. The molecule has 474 valence electrons. The first-order valence-corrected chi connectivity index (χ1v) is 33.7. The van der Waals surface area contributed by atoms with Crippen LogP contribution in [0, 0.1) is 0 Å². The van der Waals surface area contributed by atoms with Crippen LogP contribution in [0.3, 0.4) is 0 Å². The van der Waals surface area contributed by atoms with E-state index in [2.05, 4.69) is 102 Å². The predicted octanol–water partition coefficient (Wildman–Crippen LogP) is 15.5. The molecule has 6 aromatic carbocycles. The molecule has 0 aliphatic carbocycles. The van der Waals surface area contributed by atoms with Crippen molar-refractivity contribution in [2.24, 2.45) is 10.3 Å². The van der Waals surface area contributed by atoms with Crippen molar-refractivity contribution in [3.05, 3.63) is 266 Å². The SMILES string of the molecule is CC(C)(C)c1ccc(S(=O)(=O)Nc2ccc(Cl)cc2C(=O)c2ccncc2)cc1.CO/N=C(/c1ccncc1)c1cc(Cl)ccc1NS(=O)(=O)c1ccc(C(C)(C)C)cc1.CO/N=C(\c1ccncc1)c1cc(Cl)ccc1NS(=O)(=O)c1ccc(C(C)(C)C)cc1. The van der Waals surface area contributed by atoms with Crippen molar-refractivity contribution in [3.63, 3.8) is 0 Å². The minimum atomic E-state index is -3.88. The lowest BCUT2D eigenvalue weighted by molar-refractivity contribution is 0.103. The highest BCUT2D eigenvalue weighted by molar-refractivity contribution is 7.93. The summed E-state index contributed by atoms with van der Waals surface area (Å²) in [4.78, 5) is 35.3. The minimum Gasteiger partial charge on any atom is -0.399 e. The molecule has 17 nitrogen and oxygen atoms in total. The van der Waals surface area contributed by atoms with E-state index in [-0.39, 0.29) is 48.0 Å². The molecular weight excluding hydrogens is 1280 g/mol. The zero-order chi connectivity index (χ0) is 66.5. The summed E-state index contributed by atoms with van der Waals surface area (Å²) in [5.74, 6) is -0.351. The Kier molecular flexibility index (Phi) is 22.8. The maximum absolute atomic E-state index is 13.1. The lowest BCUT2D eigenvalue weighted by Gasteiger charge is -2.19. The number of nitrogens with one attached hydrogen (secondary N) is 3. The fourth-order valence-corrected chi connectivity index (χ4v) is 12.5. The number of hydrogen-bond acceptors (Lipinski definition) is 14. The van der Waals surface area contributed by atoms with Crippen molar-refractivity contribution in [3.8, 4) is 0 Å². The number of anilines is 3. The summed E-state index contributed by atoms with van der Waals surface area (Å²) >= 11 is 18.5. The Morgan fingerprint density at radius 1 is 0.374 bits per heavy atom. The summed E-state index contributed by atoms with van der Waals surface area (Å²) in [6.45, 7) is 18.6. The number of hydrogen-bond donors (Lipinski definition) is 3. The minimum absolute atomic E-state index is 0.0743. The number of oxime groups is 2. The van der Waals surface area contributed by atoms with Crippen LogP contribution in [-0.4, -0.2) is 71.6 Å². The maximum atomic E-state index is 13.1. The molecule has 0 bridgehead atoms. The van der Waals surface area contributed by atoms with E-state index in [9.17, 15) is 30.0 Å². The highest BCUT2D eigenvalue weighted by Gasteiger charge is 2.26. The molecule has 0 atom stereocenters. The summed E-state index contributed by atoms with van der Waals surface area (Å²) in [7, 11) is -8.72. The number of ketones is 1. The maximum Gasteiger partial charge on any atom is 0.261 e. The van der Waals surface area contributed by atoms with Gasteiger partial charge < -0.3 is 9.68 Å². The first-order chi connectivity index (χ1) is 42.8. The average molecular weight is 1340 g/mol. The van der Waals surface area contributed by atoms with Crippen molar-refractivity contribution in [2.75, 3.05) is 28.4 Å². The molecule has 3 N–H and O–H groups in total. The Hall–Kier alpha value is -8.50. The molecule has 9 aromatic rings. The molecule has 0 unspecified atom stereocenters. The molecule has 3 heterocycles. The smallest absolute Gasteiger partial charge is 0.261 e. The van der Waals surface area contributed by atoms with Crippen LogP contribution < -0.4 is 14.2 Å². The molecule has 0 radical (unpaired) electrons. The van der Waals surface area contributed by atoms with Gasteiger partial charge in [0.05, 0.1) is 31.7 Å². The molecule has 0 aliphatic heterocycles. The van der Waals surface area contributed by atoms with Gasteiger partial charge in [0.2, 0.25) is 0 Å². The number of carbonyl (C=O) groups is 1. The third kappa shape index (κ3) is 18.8. The van der Waals surface area contributed by atoms with E-state index in [4.69, 9.17) is 44.5 Å². The van der Waals surface area contributed by atoms with Gasteiger partial charge in [-0.3, -0.25) is 33.9 Å². The van der Waals surface area contributed by atoms with Gasteiger partial charge in [0.1, 0.15) is 25.6 Å². The Labute approximate surface area is 548 Å². The molecule has 0 saturated heterocycles. The van der Waals surface area contributed by atoms with E-state index in [1.807, 2.05) is 24.3 Å². The third-order valence-corrected chi connectivity index (χ3v) is 18.6. The Morgan fingerprint density at radius 2 is 0.626 bits per heavy atom. The predicted molar refractivity (Wildman–Crippen MR) is 364 cm³/mol. The number of rotatable bonds is 17. The van der Waals surface area contributed by atoms with Crippen molar-refractivity contribution < 1.29 is 39.7 Å². The van der Waals surface area contributed by atoms with Gasteiger partial charge >= 0.3 is 0 Å². The fourth-order valence-electron chi connectivity index (χ4n) is 8.79. The molecule has 3 aromatic heterocycles. The van der Waals surface area contributed by atoms with E-state index >= 15 is 0 Å². The highest BCUT2D eigenvalue weighted by Crippen LogP contribution is 2.33. The summed E-state index contributed by atoms with van der Waals surface area (Å²) in [5, 5.41) is 9.41. The van der Waals surface area contributed by atoms with Crippen LogP contribution in [0.15, 0.2) is 226 Å². The topological polar surface area (TPSA) is 237 Å². The molecule has 9 rings (SSSR count). The first kappa shape index (κ1) is 70.0. The van der Waals surface area contributed by atoms with Gasteiger partial charge in [-0.1, -0.05) is 144 Å². The van der Waals surface area contributed by atoms with Crippen LogP contribution in [0.2, 0.25) is 15.1 Å². The van der Waals surface area contributed by atoms with E-state index in [0.717, 1.165) is 16.7 Å².